The van der Waals surface area contributed by atoms with Crippen LogP contribution in [0, 0.1) is 16.0 Å². The lowest BCUT2D eigenvalue weighted by Gasteiger charge is -2.19. The number of hydrogen-bond acceptors (Lipinski definition) is 4. The number of nitro groups is 1. The molecular weight excluding hydrogens is 220 g/mol. The van der Waals surface area contributed by atoms with Gasteiger partial charge in [-0.2, -0.15) is 0 Å². The molecule has 1 aromatic rings. The molecule has 0 aliphatic heterocycles. The second kappa shape index (κ2) is 5.14. The van der Waals surface area contributed by atoms with E-state index in [9.17, 15) is 10.1 Å². The lowest BCUT2D eigenvalue weighted by molar-refractivity contribution is -0.386. The van der Waals surface area contributed by atoms with E-state index in [1.807, 2.05) is 0 Å². The van der Waals surface area contributed by atoms with Gasteiger partial charge < -0.3 is 10.5 Å². The quantitative estimate of drug-likeness (QED) is 0.641. The first-order chi connectivity index (χ1) is 8.22. The SMILES string of the molecule is NCC1CCCC1Oc1ccccc1[N+](=O)[O-]. The molecule has 1 saturated carbocycles. The van der Waals surface area contributed by atoms with Crippen molar-refractivity contribution in [3.05, 3.63) is 34.4 Å². The maximum absolute atomic E-state index is 10.8. The van der Waals surface area contributed by atoms with Gasteiger partial charge in [0.2, 0.25) is 0 Å². The molecule has 2 N–H and O–H groups in total. The van der Waals surface area contributed by atoms with Crippen molar-refractivity contribution in [1.82, 2.24) is 0 Å². The van der Waals surface area contributed by atoms with Crippen LogP contribution in [0.3, 0.4) is 0 Å². The van der Waals surface area contributed by atoms with Gasteiger partial charge in [-0.3, -0.25) is 10.1 Å². The number of benzene rings is 1. The van der Waals surface area contributed by atoms with Gasteiger partial charge >= 0.3 is 5.69 Å². The first kappa shape index (κ1) is 11.9. The monoisotopic (exact) mass is 236 g/mol. The van der Waals surface area contributed by atoms with Gasteiger partial charge in [-0.05, 0) is 31.9 Å². The van der Waals surface area contributed by atoms with Crippen LogP contribution in [0.2, 0.25) is 0 Å². The Balaban J connectivity index is 2.15. The minimum atomic E-state index is -0.415. The predicted molar refractivity (Wildman–Crippen MR) is 63.9 cm³/mol. The van der Waals surface area contributed by atoms with Crippen molar-refractivity contribution in [1.29, 1.82) is 0 Å². The summed E-state index contributed by atoms with van der Waals surface area (Å²) in [6.45, 7) is 0.575. The summed E-state index contributed by atoms with van der Waals surface area (Å²) in [4.78, 5) is 10.4. The Morgan fingerprint density at radius 2 is 2.18 bits per heavy atom. The largest absolute Gasteiger partial charge is 0.483 e. The summed E-state index contributed by atoms with van der Waals surface area (Å²) in [5, 5.41) is 10.8. The zero-order valence-corrected chi connectivity index (χ0v) is 9.54. The maximum atomic E-state index is 10.8. The predicted octanol–water partition coefficient (Wildman–Crippen LogP) is 2.10. The van der Waals surface area contributed by atoms with Crippen LogP contribution in [-0.2, 0) is 0 Å². The summed E-state index contributed by atoms with van der Waals surface area (Å²) in [7, 11) is 0. The molecule has 0 bridgehead atoms. The number of rotatable bonds is 4. The van der Waals surface area contributed by atoms with Crippen LogP contribution in [0.5, 0.6) is 5.75 Å². The van der Waals surface area contributed by atoms with Crippen LogP contribution in [0.25, 0.3) is 0 Å². The van der Waals surface area contributed by atoms with Crippen molar-refractivity contribution >= 4 is 5.69 Å². The van der Waals surface area contributed by atoms with Gasteiger partial charge in [0.1, 0.15) is 6.10 Å². The molecule has 0 radical (unpaired) electrons. The van der Waals surface area contributed by atoms with Crippen molar-refractivity contribution in [3.63, 3.8) is 0 Å². The molecule has 0 heterocycles. The summed E-state index contributed by atoms with van der Waals surface area (Å²) in [6.07, 6.45) is 3.06. The Hall–Kier alpha value is -1.62. The minimum absolute atomic E-state index is 0.0149. The molecule has 1 aliphatic rings. The molecule has 0 spiro atoms. The van der Waals surface area contributed by atoms with Crippen LogP contribution in [-0.4, -0.2) is 17.6 Å². The third-order valence-corrected chi connectivity index (χ3v) is 3.23. The van der Waals surface area contributed by atoms with Crippen molar-refractivity contribution in [2.24, 2.45) is 11.7 Å². The van der Waals surface area contributed by atoms with Gasteiger partial charge in [0.05, 0.1) is 4.92 Å². The van der Waals surface area contributed by atoms with E-state index < -0.39 is 4.92 Å². The Kier molecular flexibility index (Phi) is 3.58. The summed E-state index contributed by atoms with van der Waals surface area (Å²) in [5.41, 5.74) is 5.69. The zero-order chi connectivity index (χ0) is 12.3. The Morgan fingerprint density at radius 3 is 2.88 bits per heavy atom. The molecule has 0 saturated heterocycles. The average Bonchev–Trinajstić information content (AvgIpc) is 2.77. The Labute approximate surface area is 99.7 Å². The molecule has 1 aliphatic carbocycles. The maximum Gasteiger partial charge on any atom is 0.310 e. The first-order valence-corrected chi connectivity index (χ1v) is 5.82. The smallest absolute Gasteiger partial charge is 0.310 e. The highest BCUT2D eigenvalue weighted by Gasteiger charge is 2.29. The fourth-order valence-corrected chi connectivity index (χ4v) is 2.30. The highest BCUT2D eigenvalue weighted by atomic mass is 16.6. The Bertz CT molecular complexity index is 408. The number of hydrogen-bond donors (Lipinski definition) is 1. The second-order valence-corrected chi connectivity index (χ2v) is 4.31. The first-order valence-electron chi connectivity index (χ1n) is 5.82. The van der Waals surface area contributed by atoms with E-state index in [0.29, 0.717) is 18.2 Å². The molecule has 0 amide bonds. The van der Waals surface area contributed by atoms with Crippen LogP contribution < -0.4 is 10.5 Å². The highest BCUT2D eigenvalue weighted by molar-refractivity contribution is 5.45. The third kappa shape index (κ3) is 2.55. The van der Waals surface area contributed by atoms with Crippen LogP contribution in [0.1, 0.15) is 19.3 Å². The second-order valence-electron chi connectivity index (χ2n) is 4.31. The van der Waals surface area contributed by atoms with Gasteiger partial charge in [0.15, 0.2) is 5.75 Å². The molecule has 2 rings (SSSR count). The highest BCUT2D eigenvalue weighted by Crippen LogP contribution is 2.33. The number of nitrogens with zero attached hydrogens (tertiary/aromatic N) is 1. The Morgan fingerprint density at radius 1 is 1.41 bits per heavy atom. The van der Waals surface area contributed by atoms with Crippen molar-refractivity contribution in [3.8, 4) is 5.75 Å². The van der Waals surface area contributed by atoms with Crippen LogP contribution >= 0.6 is 0 Å². The lowest BCUT2D eigenvalue weighted by atomic mass is 10.1. The van der Waals surface area contributed by atoms with Crippen molar-refractivity contribution in [2.75, 3.05) is 6.54 Å². The van der Waals surface area contributed by atoms with Gasteiger partial charge in [0, 0.05) is 12.0 Å². The van der Waals surface area contributed by atoms with E-state index >= 15 is 0 Å². The molecule has 2 unspecified atom stereocenters. The van der Waals surface area contributed by atoms with Crippen molar-refractivity contribution < 1.29 is 9.66 Å². The molecular formula is C12H16N2O3. The molecule has 92 valence electrons. The topological polar surface area (TPSA) is 78.4 Å². The number of nitrogens with two attached hydrogens (primary N) is 1. The standard InChI is InChI=1S/C12H16N2O3/c13-8-9-4-3-7-11(9)17-12-6-2-1-5-10(12)14(15)16/h1-2,5-6,9,11H,3-4,7-8,13H2. The molecule has 1 aromatic carbocycles. The minimum Gasteiger partial charge on any atom is -0.483 e. The molecule has 17 heavy (non-hydrogen) atoms. The van der Waals surface area contributed by atoms with Gasteiger partial charge in [-0.1, -0.05) is 12.1 Å². The fourth-order valence-electron chi connectivity index (χ4n) is 2.30. The van der Waals surface area contributed by atoms with Gasteiger partial charge in [-0.15, -0.1) is 0 Å². The fraction of sp³-hybridized carbons (Fsp3) is 0.500. The molecule has 5 heteroatoms. The zero-order valence-electron chi connectivity index (χ0n) is 9.54. The molecule has 5 nitrogen and oxygen atoms in total. The number of nitro benzene ring substituents is 1. The molecule has 1 fully saturated rings. The molecule has 2 atom stereocenters. The summed E-state index contributed by atoms with van der Waals surface area (Å²) < 4.78 is 5.75. The molecule has 0 aromatic heterocycles. The normalized spacial score (nSPS) is 23.6. The van der Waals surface area contributed by atoms with E-state index in [2.05, 4.69) is 0 Å². The van der Waals surface area contributed by atoms with E-state index in [1.165, 1.54) is 6.07 Å². The summed E-state index contributed by atoms with van der Waals surface area (Å²) >= 11 is 0. The van der Waals surface area contributed by atoms with Crippen LogP contribution in [0.15, 0.2) is 24.3 Å². The van der Waals surface area contributed by atoms with Crippen molar-refractivity contribution in [2.45, 2.75) is 25.4 Å². The number of para-hydroxylation sites is 2. The van der Waals surface area contributed by atoms with E-state index in [1.54, 1.807) is 18.2 Å². The number of ether oxygens (including phenoxy) is 1. The van der Waals surface area contributed by atoms with Gasteiger partial charge in [0.25, 0.3) is 0 Å². The van der Waals surface area contributed by atoms with E-state index in [-0.39, 0.29) is 11.8 Å². The summed E-state index contributed by atoms with van der Waals surface area (Å²) in [6, 6.07) is 6.49. The third-order valence-electron chi connectivity index (χ3n) is 3.23. The summed E-state index contributed by atoms with van der Waals surface area (Å²) in [5.74, 6) is 0.665. The average molecular weight is 236 g/mol. The lowest BCUT2D eigenvalue weighted by Crippen LogP contribution is -2.27. The van der Waals surface area contributed by atoms with Crippen LogP contribution in [0.4, 0.5) is 5.69 Å². The van der Waals surface area contributed by atoms with E-state index in [4.69, 9.17) is 10.5 Å². The van der Waals surface area contributed by atoms with Gasteiger partial charge in [-0.25, -0.2) is 0 Å². The van der Waals surface area contributed by atoms with E-state index in [0.717, 1.165) is 19.3 Å².